The molecule has 0 aliphatic heterocycles. The zero-order valence-electron chi connectivity index (χ0n) is 8.87. The van der Waals surface area contributed by atoms with Crippen LogP contribution in [-0.2, 0) is 12.8 Å². The topological polar surface area (TPSA) is 12.9 Å². The van der Waals surface area contributed by atoms with Gasteiger partial charge in [-0.1, -0.05) is 12.1 Å². The minimum Gasteiger partial charge on any atom is -0.229 e. The third kappa shape index (κ3) is 1.94. The molecule has 16 heavy (non-hydrogen) atoms. The quantitative estimate of drug-likeness (QED) is 0.757. The molecule has 3 rings (SSSR count). The van der Waals surface area contributed by atoms with Gasteiger partial charge >= 0.3 is 0 Å². The molecule has 0 saturated carbocycles. The van der Waals surface area contributed by atoms with Crippen LogP contribution in [0.5, 0.6) is 0 Å². The van der Waals surface area contributed by atoms with Crippen molar-refractivity contribution < 1.29 is 0 Å². The SMILES string of the molecule is Brc1nc(-c2ccc3c(c2)CCCC3)cs1. The Morgan fingerprint density at radius 2 is 1.94 bits per heavy atom. The van der Waals surface area contributed by atoms with Gasteiger partial charge in [-0.25, -0.2) is 4.98 Å². The Morgan fingerprint density at radius 1 is 1.12 bits per heavy atom. The number of aryl methyl sites for hydroxylation is 2. The molecular formula is C13H12BrNS. The second kappa shape index (κ2) is 4.30. The molecule has 0 radical (unpaired) electrons. The molecule has 1 heterocycles. The highest BCUT2D eigenvalue weighted by molar-refractivity contribution is 9.11. The molecule has 0 bridgehead atoms. The monoisotopic (exact) mass is 293 g/mol. The van der Waals surface area contributed by atoms with Gasteiger partial charge in [-0.05, 0) is 58.8 Å². The maximum absolute atomic E-state index is 4.47. The van der Waals surface area contributed by atoms with Gasteiger partial charge in [0.05, 0.1) is 5.69 Å². The van der Waals surface area contributed by atoms with Crippen LogP contribution in [0.2, 0.25) is 0 Å². The van der Waals surface area contributed by atoms with E-state index in [9.17, 15) is 0 Å². The van der Waals surface area contributed by atoms with Crippen LogP contribution in [0.25, 0.3) is 11.3 Å². The van der Waals surface area contributed by atoms with Gasteiger partial charge in [-0.2, -0.15) is 0 Å². The number of halogens is 1. The minimum atomic E-state index is 0.959. The van der Waals surface area contributed by atoms with E-state index in [1.807, 2.05) is 0 Å². The zero-order valence-corrected chi connectivity index (χ0v) is 11.3. The Labute approximate surface area is 108 Å². The molecule has 1 aliphatic carbocycles. The third-order valence-electron chi connectivity index (χ3n) is 3.12. The number of hydrogen-bond donors (Lipinski definition) is 0. The molecule has 3 heteroatoms. The number of nitrogens with zero attached hydrogens (tertiary/aromatic N) is 1. The normalized spacial score (nSPS) is 14.8. The van der Waals surface area contributed by atoms with Crippen LogP contribution in [0.15, 0.2) is 27.5 Å². The molecular weight excluding hydrogens is 282 g/mol. The van der Waals surface area contributed by atoms with Crippen molar-refractivity contribution in [3.63, 3.8) is 0 Å². The lowest BCUT2D eigenvalue weighted by atomic mass is 9.90. The number of fused-ring (bicyclic) bond motifs is 1. The lowest BCUT2D eigenvalue weighted by molar-refractivity contribution is 0.686. The van der Waals surface area contributed by atoms with Gasteiger partial charge in [0, 0.05) is 10.9 Å². The fraction of sp³-hybridized carbons (Fsp3) is 0.308. The fourth-order valence-electron chi connectivity index (χ4n) is 2.28. The fourth-order valence-corrected chi connectivity index (χ4v) is 3.30. The lowest BCUT2D eigenvalue weighted by Crippen LogP contribution is -2.02. The molecule has 1 nitrogen and oxygen atoms in total. The average molecular weight is 294 g/mol. The number of hydrogen-bond acceptors (Lipinski definition) is 2. The number of rotatable bonds is 1. The first-order valence-corrected chi connectivity index (χ1v) is 7.23. The van der Waals surface area contributed by atoms with Crippen LogP contribution in [0.1, 0.15) is 24.0 Å². The predicted molar refractivity (Wildman–Crippen MR) is 71.9 cm³/mol. The first-order chi connectivity index (χ1) is 7.83. The van der Waals surface area contributed by atoms with Gasteiger partial charge in [0.1, 0.15) is 0 Å². The van der Waals surface area contributed by atoms with Crippen LogP contribution in [0, 0.1) is 0 Å². The zero-order chi connectivity index (χ0) is 11.0. The summed E-state index contributed by atoms with van der Waals surface area (Å²) < 4.78 is 0.959. The van der Waals surface area contributed by atoms with Gasteiger partial charge in [0.25, 0.3) is 0 Å². The van der Waals surface area contributed by atoms with Crippen molar-refractivity contribution in [1.82, 2.24) is 4.98 Å². The number of benzene rings is 1. The summed E-state index contributed by atoms with van der Waals surface area (Å²) in [5.74, 6) is 0. The predicted octanol–water partition coefficient (Wildman–Crippen LogP) is 4.45. The van der Waals surface area contributed by atoms with Gasteiger partial charge in [-0.15, -0.1) is 11.3 Å². The Kier molecular flexibility index (Phi) is 2.82. The summed E-state index contributed by atoms with van der Waals surface area (Å²) in [6, 6.07) is 6.79. The Bertz CT molecular complexity index is 518. The molecule has 1 aliphatic rings. The second-order valence-electron chi connectivity index (χ2n) is 4.18. The molecule has 0 N–H and O–H groups in total. The molecule has 82 valence electrons. The van der Waals surface area contributed by atoms with E-state index in [2.05, 4.69) is 44.5 Å². The molecule has 2 aromatic rings. The van der Waals surface area contributed by atoms with Gasteiger partial charge in [0.2, 0.25) is 0 Å². The van der Waals surface area contributed by atoms with E-state index in [4.69, 9.17) is 0 Å². The van der Waals surface area contributed by atoms with E-state index in [1.165, 1.54) is 42.4 Å². The number of thiazole rings is 1. The van der Waals surface area contributed by atoms with Crippen molar-refractivity contribution in [2.45, 2.75) is 25.7 Å². The molecule has 0 amide bonds. The highest BCUT2D eigenvalue weighted by Gasteiger charge is 2.11. The van der Waals surface area contributed by atoms with E-state index < -0.39 is 0 Å². The van der Waals surface area contributed by atoms with Crippen LogP contribution >= 0.6 is 27.3 Å². The maximum atomic E-state index is 4.47. The summed E-state index contributed by atoms with van der Waals surface area (Å²) in [7, 11) is 0. The highest BCUT2D eigenvalue weighted by atomic mass is 79.9. The average Bonchev–Trinajstić information content (AvgIpc) is 2.75. The summed E-state index contributed by atoms with van der Waals surface area (Å²) in [6.45, 7) is 0. The van der Waals surface area contributed by atoms with Gasteiger partial charge < -0.3 is 0 Å². The molecule has 0 spiro atoms. The summed E-state index contributed by atoms with van der Waals surface area (Å²) in [4.78, 5) is 4.47. The summed E-state index contributed by atoms with van der Waals surface area (Å²) in [5.41, 5.74) is 5.39. The lowest BCUT2D eigenvalue weighted by Gasteiger charge is -2.15. The van der Waals surface area contributed by atoms with E-state index in [-0.39, 0.29) is 0 Å². The molecule has 0 fully saturated rings. The molecule has 0 unspecified atom stereocenters. The smallest absolute Gasteiger partial charge is 0.159 e. The third-order valence-corrected chi connectivity index (χ3v) is 4.49. The van der Waals surface area contributed by atoms with Crippen LogP contribution in [0.4, 0.5) is 0 Å². The summed E-state index contributed by atoms with van der Waals surface area (Å²) >= 11 is 5.05. The van der Waals surface area contributed by atoms with Crippen LogP contribution in [0.3, 0.4) is 0 Å². The van der Waals surface area contributed by atoms with E-state index >= 15 is 0 Å². The van der Waals surface area contributed by atoms with Crippen molar-refractivity contribution in [2.24, 2.45) is 0 Å². The van der Waals surface area contributed by atoms with Crippen molar-refractivity contribution >= 4 is 27.3 Å². The Balaban J connectivity index is 2.02. The van der Waals surface area contributed by atoms with Crippen molar-refractivity contribution in [3.8, 4) is 11.3 Å². The van der Waals surface area contributed by atoms with Crippen LogP contribution < -0.4 is 0 Å². The molecule has 0 saturated heterocycles. The Morgan fingerprint density at radius 3 is 2.69 bits per heavy atom. The summed E-state index contributed by atoms with van der Waals surface area (Å²) in [6.07, 6.45) is 5.15. The summed E-state index contributed by atoms with van der Waals surface area (Å²) in [5, 5.41) is 2.11. The number of aromatic nitrogens is 1. The Hall–Kier alpha value is -0.670. The van der Waals surface area contributed by atoms with E-state index in [1.54, 1.807) is 11.3 Å². The molecule has 1 aromatic carbocycles. The van der Waals surface area contributed by atoms with E-state index in [0.29, 0.717) is 0 Å². The highest BCUT2D eigenvalue weighted by Crippen LogP contribution is 2.29. The second-order valence-corrected chi connectivity index (χ2v) is 6.31. The molecule has 0 atom stereocenters. The first-order valence-electron chi connectivity index (χ1n) is 5.56. The van der Waals surface area contributed by atoms with Gasteiger partial charge in [-0.3, -0.25) is 0 Å². The van der Waals surface area contributed by atoms with Crippen molar-refractivity contribution in [2.75, 3.05) is 0 Å². The van der Waals surface area contributed by atoms with E-state index in [0.717, 1.165) is 9.61 Å². The standard InChI is InChI=1S/C13H12BrNS/c14-13-15-12(8-16-13)11-6-5-9-3-1-2-4-10(9)7-11/h5-8H,1-4H2. The largest absolute Gasteiger partial charge is 0.229 e. The maximum Gasteiger partial charge on any atom is 0.159 e. The van der Waals surface area contributed by atoms with Gasteiger partial charge in [0.15, 0.2) is 3.92 Å². The molecule has 1 aromatic heterocycles. The first kappa shape index (κ1) is 10.5. The van der Waals surface area contributed by atoms with Crippen molar-refractivity contribution in [1.29, 1.82) is 0 Å². The van der Waals surface area contributed by atoms with Crippen LogP contribution in [-0.4, -0.2) is 4.98 Å². The van der Waals surface area contributed by atoms with Crippen molar-refractivity contribution in [3.05, 3.63) is 38.6 Å². The minimum absolute atomic E-state index is 0.959.